The van der Waals surface area contributed by atoms with Gasteiger partial charge in [-0.1, -0.05) is 0 Å². The van der Waals surface area contributed by atoms with Crippen LogP contribution in [0.15, 0.2) is 30.5 Å². The molecule has 1 aliphatic rings. The Morgan fingerprint density at radius 2 is 1.90 bits per heavy atom. The number of anilines is 3. The summed E-state index contributed by atoms with van der Waals surface area (Å²) < 4.78 is 0. The Morgan fingerprint density at radius 1 is 1.17 bits per heavy atom. The van der Waals surface area contributed by atoms with Gasteiger partial charge in [0.25, 0.3) is 5.91 Å². The van der Waals surface area contributed by atoms with Crippen LogP contribution in [-0.4, -0.2) is 66.5 Å². The fourth-order valence-electron chi connectivity index (χ4n) is 3.41. The average molecular weight is 396 g/mol. The number of aryl methyl sites for hydroxylation is 1. The number of hydrogen-bond donors (Lipinski definition) is 1. The van der Waals surface area contributed by atoms with Crippen LogP contribution in [-0.2, 0) is 4.79 Å². The Bertz CT molecular complexity index is 860. The molecule has 0 aliphatic carbocycles. The Kier molecular flexibility index (Phi) is 6.64. The third kappa shape index (κ3) is 4.82. The molecule has 2 aromatic rings. The minimum absolute atomic E-state index is 0.265. The monoisotopic (exact) mass is 396 g/mol. The van der Waals surface area contributed by atoms with Crippen LogP contribution in [0.5, 0.6) is 0 Å². The lowest BCUT2D eigenvalue weighted by Gasteiger charge is -2.32. The molecule has 1 aliphatic heterocycles. The van der Waals surface area contributed by atoms with Gasteiger partial charge in [-0.3, -0.25) is 9.59 Å². The highest BCUT2D eigenvalue weighted by molar-refractivity contribution is 6.03. The van der Waals surface area contributed by atoms with Gasteiger partial charge in [0.05, 0.1) is 0 Å². The number of carbonyl (C=O) groups is 2. The molecule has 3 rings (SSSR count). The molecule has 0 bridgehead atoms. The number of aromatic nitrogens is 2. The number of nitrogens with zero attached hydrogens (tertiary/aromatic N) is 5. The smallest absolute Gasteiger partial charge is 0.274 e. The summed E-state index contributed by atoms with van der Waals surface area (Å²) in [5, 5.41) is 2.95. The fourth-order valence-corrected chi connectivity index (χ4v) is 3.41. The van der Waals surface area contributed by atoms with Gasteiger partial charge in [0.2, 0.25) is 12.4 Å². The van der Waals surface area contributed by atoms with Gasteiger partial charge in [0.15, 0.2) is 0 Å². The Hall–Kier alpha value is -3.16. The van der Waals surface area contributed by atoms with E-state index >= 15 is 0 Å². The van der Waals surface area contributed by atoms with Crippen molar-refractivity contribution in [2.45, 2.75) is 20.8 Å². The van der Waals surface area contributed by atoms with E-state index in [1.807, 2.05) is 24.0 Å². The van der Waals surface area contributed by atoms with Gasteiger partial charge in [-0.05, 0) is 50.6 Å². The van der Waals surface area contributed by atoms with E-state index in [0.717, 1.165) is 36.4 Å². The van der Waals surface area contributed by atoms with Crippen LogP contribution < -0.4 is 15.1 Å². The first-order chi connectivity index (χ1) is 14.0. The second-order valence-corrected chi connectivity index (χ2v) is 7.00. The van der Waals surface area contributed by atoms with Crippen molar-refractivity contribution >= 4 is 29.6 Å². The lowest BCUT2D eigenvalue weighted by atomic mass is 10.1. The van der Waals surface area contributed by atoms with E-state index in [1.54, 1.807) is 17.2 Å². The summed E-state index contributed by atoms with van der Waals surface area (Å²) in [5.41, 5.74) is 3.23. The first-order valence-electron chi connectivity index (χ1n) is 10.00. The molecule has 154 valence electrons. The topological polar surface area (TPSA) is 81.7 Å². The Labute approximate surface area is 171 Å². The maximum absolute atomic E-state index is 12.7. The zero-order chi connectivity index (χ0) is 20.8. The van der Waals surface area contributed by atoms with E-state index in [4.69, 9.17) is 0 Å². The molecule has 0 atom stereocenters. The van der Waals surface area contributed by atoms with E-state index in [-0.39, 0.29) is 5.91 Å². The van der Waals surface area contributed by atoms with E-state index in [2.05, 4.69) is 40.1 Å². The molecule has 1 fully saturated rings. The maximum atomic E-state index is 12.7. The van der Waals surface area contributed by atoms with Crippen LogP contribution in [0.1, 0.15) is 29.9 Å². The zero-order valence-corrected chi connectivity index (χ0v) is 17.3. The van der Waals surface area contributed by atoms with E-state index in [1.165, 1.54) is 0 Å². The predicted molar refractivity (Wildman–Crippen MR) is 115 cm³/mol. The number of nitrogens with one attached hydrogen (secondary N) is 1. The van der Waals surface area contributed by atoms with E-state index < -0.39 is 0 Å². The summed E-state index contributed by atoms with van der Waals surface area (Å²) in [5.74, 6) is 0.246. The zero-order valence-electron chi connectivity index (χ0n) is 17.3. The Balaban J connectivity index is 1.70. The molecule has 1 saturated heterocycles. The SMILES string of the molecule is CCN(CC)c1ccc(NC(=O)c2ccnc(N3CCN(C=O)CC3)n2)c(C)c1. The van der Waals surface area contributed by atoms with Crippen LogP contribution in [0.3, 0.4) is 0 Å². The largest absolute Gasteiger partial charge is 0.372 e. The molecule has 1 aromatic heterocycles. The first kappa shape index (κ1) is 20.6. The van der Waals surface area contributed by atoms with Crippen molar-refractivity contribution in [3.63, 3.8) is 0 Å². The molecule has 0 spiro atoms. The molecule has 29 heavy (non-hydrogen) atoms. The van der Waals surface area contributed by atoms with Crippen molar-refractivity contribution in [3.05, 3.63) is 41.7 Å². The van der Waals surface area contributed by atoms with Gasteiger partial charge in [-0.2, -0.15) is 0 Å². The molecular formula is C21H28N6O2. The van der Waals surface area contributed by atoms with E-state index in [0.29, 0.717) is 37.8 Å². The number of benzene rings is 1. The van der Waals surface area contributed by atoms with Gasteiger partial charge in [0.1, 0.15) is 5.69 Å². The number of rotatable bonds is 7. The van der Waals surface area contributed by atoms with Gasteiger partial charge in [-0.25, -0.2) is 9.97 Å². The third-order valence-electron chi connectivity index (χ3n) is 5.21. The number of carbonyl (C=O) groups excluding carboxylic acids is 2. The molecule has 0 unspecified atom stereocenters. The Morgan fingerprint density at radius 3 is 2.52 bits per heavy atom. The van der Waals surface area contributed by atoms with Crippen molar-refractivity contribution in [2.24, 2.45) is 0 Å². The van der Waals surface area contributed by atoms with Gasteiger partial charge < -0.3 is 20.0 Å². The summed E-state index contributed by atoms with van der Waals surface area (Å²) in [6, 6.07) is 7.65. The highest BCUT2D eigenvalue weighted by atomic mass is 16.2. The van der Waals surface area contributed by atoms with Gasteiger partial charge in [-0.15, -0.1) is 0 Å². The standard InChI is InChI=1S/C21H28N6O2/c1-4-26(5-2)17-6-7-18(16(3)14-17)23-20(29)19-8-9-22-21(24-19)27-12-10-25(15-28)11-13-27/h6-9,14-15H,4-5,10-13H2,1-3H3,(H,23,29). The van der Waals surface area contributed by atoms with Crippen molar-refractivity contribution in [3.8, 4) is 0 Å². The second kappa shape index (κ2) is 9.36. The molecule has 8 heteroatoms. The maximum Gasteiger partial charge on any atom is 0.274 e. The predicted octanol–water partition coefficient (Wildman–Crippen LogP) is 2.16. The first-order valence-corrected chi connectivity index (χ1v) is 10.00. The second-order valence-electron chi connectivity index (χ2n) is 7.00. The summed E-state index contributed by atoms with van der Waals surface area (Å²) >= 11 is 0. The fraction of sp³-hybridized carbons (Fsp3) is 0.429. The van der Waals surface area contributed by atoms with Crippen LogP contribution in [0.2, 0.25) is 0 Å². The van der Waals surface area contributed by atoms with Crippen molar-refractivity contribution < 1.29 is 9.59 Å². The third-order valence-corrected chi connectivity index (χ3v) is 5.21. The average Bonchev–Trinajstić information content (AvgIpc) is 2.76. The summed E-state index contributed by atoms with van der Waals surface area (Å²) in [7, 11) is 0. The van der Waals surface area contributed by atoms with Gasteiger partial charge >= 0.3 is 0 Å². The molecule has 1 aromatic carbocycles. The van der Waals surface area contributed by atoms with Crippen LogP contribution in [0, 0.1) is 6.92 Å². The molecule has 8 nitrogen and oxygen atoms in total. The summed E-state index contributed by atoms with van der Waals surface area (Å²) in [4.78, 5) is 38.3. The lowest BCUT2D eigenvalue weighted by Crippen LogP contribution is -2.46. The quantitative estimate of drug-likeness (QED) is 0.723. The highest BCUT2D eigenvalue weighted by Gasteiger charge is 2.19. The van der Waals surface area contributed by atoms with Crippen molar-refractivity contribution in [1.29, 1.82) is 0 Å². The molecule has 2 amide bonds. The van der Waals surface area contributed by atoms with Crippen LogP contribution in [0.4, 0.5) is 17.3 Å². The van der Waals surface area contributed by atoms with E-state index in [9.17, 15) is 9.59 Å². The highest BCUT2D eigenvalue weighted by Crippen LogP contribution is 2.23. The minimum Gasteiger partial charge on any atom is -0.372 e. The van der Waals surface area contributed by atoms with Crippen LogP contribution in [0.25, 0.3) is 0 Å². The number of amides is 2. The normalized spacial score (nSPS) is 13.9. The van der Waals surface area contributed by atoms with Crippen molar-refractivity contribution in [1.82, 2.24) is 14.9 Å². The van der Waals surface area contributed by atoms with Crippen molar-refractivity contribution in [2.75, 3.05) is 54.4 Å². The minimum atomic E-state index is -0.265. The summed E-state index contributed by atoms with van der Waals surface area (Å²) in [6.07, 6.45) is 2.45. The molecule has 2 heterocycles. The molecule has 1 N–H and O–H groups in total. The molecule has 0 radical (unpaired) electrons. The number of hydrogen-bond acceptors (Lipinski definition) is 6. The number of piperazine rings is 1. The van der Waals surface area contributed by atoms with Gasteiger partial charge in [0, 0.05) is 56.8 Å². The lowest BCUT2D eigenvalue weighted by molar-refractivity contribution is -0.118. The van der Waals surface area contributed by atoms with Crippen LogP contribution >= 0.6 is 0 Å². The molecular weight excluding hydrogens is 368 g/mol. The summed E-state index contributed by atoms with van der Waals surface area (Å²) in [6.45, 7) is 10.7. The molecule has 0 saturated carbocycles.